The summed E-state index contributed by atoms with van der Waals surface area (Å²) in [5.41, 5.74) is 6.24. The summed E-state index contributed by atoms with van der Waals surface area (Å²) in [5.74, 6) is 0. The smallest absolute Gasteiger partial charge is 0.0483 e. The van der Waals surface area contributed by atoms with E-state index in [0.717, 1.165) is 13.0 Å². The Morgan fingerprint density at radius 1 is 1.00 bits per heavy atom. The van der Waals surface area contributed by atoms with Crippen molar-refractivity contribution in [3.63, 3.8) is 0 Å². The van der Waals surface area contributed by atoms with Crippen LogP contribution in [0.25, 0.3) is 10.9 Å². The molecule has 3 rings (SSSR count). The lowest BCUT2D eigenvalue weighted by Gasteiger charge is -2.13. The summed E-state index contributed by atoms with van der Waals surface area (Å²) in [6, 6.07) is 4.75. The molecule has 0 saturated heterocycles. The number of rotatable bonds is 3. The molecule has 0 saturated carbocycles. The van der Waals surface area contributed by atoms with Crippen LogP contribution in [0.15, 0.2) is 18.3 Å². The van der Waals surface area contributed by atoms with Crippen LogP contribution in [0.1, 0.15) is 48.8 Å². The van der Waals surface area contributed by atoms with Gasteiger partial charge in [-0.05, 0) is 69.0 Å². The first-order valence-electron chi connectivity index (χ1n) is 8.90. The second kappa shape index (κ2) is 6.87. The molecule has 0 bridgehead atoms. The van der Waals surface area contributed by atoms with E-state index in [0.29, 0.717) is 0 Å². The van der Waals surface area contributed by atoms with E-state index in [2.05, 4.69) is 48.9 Å². The zero-order chi connectivity index (χ0) is 15.5. The molecule has 0 N–H and O–H groups in total. The highest BCUT2D eigenvalue weighted by Crippen LogP contribution is 2.31. The topological polar surface area (TPSA) is 8.17 Å². The average molecular weight is 298 g/mol. The highest BCUT2D eigenvalue weighted by atomic mass is 15.0. The SMILES string of the molecule is CN(C)CCc1cn(C)c2ccc3c(c12)CCCCCCC3. The first kappa shape index (κ1) is 15.6. The van der Waals surface area contributed by atoms with Gasteiger partial charge in [0.25, 0.3) is 0 Å². The van der Waals surface area contributed by atoms with Gasteiger partial charge in [-0.2, -0.15) is 0 Å². The number of fused-ring (bicyclic) bond motifs is 3. The van der Waals surface area contributed by atoms with Gasteiger partial charge in [0.2, 0.25) is 0 Å². The van der Waals surface area contributed by atoms with Crippen molar-refractivity contribution in [3.8, 4) is 0 Å². The van der Waals surface area contributed by atoms with Crippen molar-refractivity contribution in [2.24, 2.45) is 7.05 Å². The fraction of sp³-hybridized carbons (Fsp3) is 0.600. The molecule has 1 heterocycles. The van der Waals surface area contributed by atoms with Gasteiger partial charge in [-0.1, -0.05) is 25.3 Å². The fourth-order valence-electron chi connectivity index (χ4n) is 3.90. The minimum Gasteiger partial charge on any atom is -0.350 e. The molecule has 0 fully saturated rings. The summed E-state index contributed by atoms with van der Waals surface area (Å²) in [5, 5.41) is 1.57. The molecule has 0 aliphatic heterocycles. The quantitative estimate of drug-likeness (QED) is 0.818. The van der Waals surface area contributed by atoms with Crippen molar-refractivity contribution in [1.29, 1.82) is 0 Å². The van der Waals surface area contributed by atoms with Crippen LogP contribution in [0.2, 0.25) is 0 Å². The van der Waals surface area contributed by atoms with Crippen molar-refractivity contribution < 1.29 is 0 Å². The molecule has 22 heavy (non-hydrogen) atoms. The normalized spacial score (nSPS) is 16.4. The number of hydrogen-bond donors (Lipinski definition) is 0. The van der Waals surface area contributed by atoms with Gasteiger partial charge in [-0.25, -0.2) is 0 Å². The van der Waals surface area contributed by atoms with Gasteiger partial charge in [0.05, 0.1) is 0 Å². The molecule has 0 atom stereocenters. The largest absolute Gasteiger partial charge is 0.350 e. The third-order valence-corrected chi connectivity index (χ3v) is 5.14. The number of aryl methyl sites for hydroxylation is 3. The Morgan fingerprint density at radius 2 is 1.73 bits per heavy atom. The Kier molecular flexibility index (Phi) is 4.87. The Labute approximate surface area is 135 Å². The van der Waals surface area contributed by atoms with Gasteiger partial charge in [0.1, 0.15) is 0 Å². The van der Waals surface area contributed by atoms with Gasteiger partial charge in [0, 0.05) is 30.7 Å². The van der Waals surface area contributed by atoms with Crippen LogP contribution < -0.4 is 0 Å². The first-order valence-corrected chi connectivity index (χ1v) is 8.90. The monoisotopic (exact) mass is 298 g/mol. The highest BCUT2D eigenvalue weighted by molar-refractivity contribution is 5.88. The van der Waals surface area contributed by atoms with Gasteiger partial charge < -0.3 is 9.47 Å². The Bertz CT molecular complexity index is 637. The molecule has 0 amide bonds. The van der Waals surface area contributed by atoms with Gasteiger partial charge >= 0.3 is 0 Å². The van der Waals surface area contributed by atoms with Crippen LogP contribution in [-0.2, 0) is 26.3 Å². The maximum Gasteiger partial charge on any atom is 0.0483 e. The maximum absolute atomic E-state index is 2.40. The van der Waals surface area contributed by atoms with Gasteiger partial charge in [-0.15, -0.1) is 0 Å². The molecular weight excluding hydrogens is 268 g/mol. The second-order valence-corrected chi connectivity index (χ2v) is 7.18. The number of aromatic nitrogens is 1. The summed E-state index contributed by atoms with van der Waals surface area (Å²) < 4.78 is 2.33. The average Bonchev–Trinajstić information content (AvgIpc) is 2.86. The van der Waals surface area contributed by atoms with Crippen LogP contribution in [0, 0.1) is 0 Å². The Balaban J connectivity index is 2.06. The molecule has 0 radical (unpaired) electrons. The molecule has 2 aromatic rings. The number of benzene rings is 1. The Morgan fingerprint density at radius 3 is 2.50 bits per heavy atom. The highest BCUT2D eigenvalue weighted by Gasteiger charge is 2.15. The van der Waals surface area contributed by atoms with Crippen LogP contribution in [0.5, 0.6) is 0 Å². The van der Waals surface area contributed by atoms with E-state index in [-0.39, 0.29) is 0 Å². The molecule has 1 aromatic carbocycles. The van der Waals surface area contributed by atoms with Crippen LogP contribution >= 0.6 is 0 Å². The summed E-state index contributed by atoms with van der Waals surface area (Å²) in [6.45, 7) is 1.13. The van der Waals surface area contributed by atoms with Crippen molar-refractivity contribution in [2.45, 2.75) is 51.4 Å². The van der Waals surface area contributed by atoms with Gasteiger partial charge in [-0.3, -0.25) is 0 Å². The molecule has 1 aliphatic rings. The van der Waals surface area contributed by atoms with Crippen molar-refractivity contribution in [3.05, 3.63) is 35.0 Å². The van der Waals surface area contributed by atoms with Crippen LogP contribution in [0.4, 0.5) is 0 Å². The molecule has 1 aromatic heterocycles. The Hall–Kier alpha value is -1.28. The predicted octanol–water partition coefficient (Wildman–Crippen LogP) is 4.33. The van der Waals surface area contributed by atoms with E-state index in [1.54, 1.807) is 22.1 Å². The third kappa shape index (κ3) is 3.22. The fourth-order valence-corrected chi connectivity index (χ4v) is 3.90. The van der Waals surface area contributed by atoms with Crippen LogP contribution in [-0.4, -0.2) is 30.1 Å². The summed E-state index contributed by atoms with van der Waals surface area (Å²) in [6.07, 6.45) is 13.0. The lowest BCUT2D eigenvalue weighted by atomic mass is 9.93. The number of nitrogens with zero attached hydrogens (tertiary/aromatic N) is 2. The predicted molar refractivity (Wildman–Crippen MR) is 95.7 cm³/mol. The molecule has 120 valence electrons. The van der Waals surface area contributed by atoms with E-state index >= 15 is 0 Å². The number of hydrogen-bond acceptors (Lipinski definition) is 1. The molecule has 2 nitrogen and oxygen atoms in total. The van der Waals surface area contributed by atoms with Crippen LogP contribution in [0.3, 0.4) is 0 Å². The van der Waals surface area contributed by atoms with E-state index in [4.69, 9.17) is 0 Å². The maximum atomic E-state index is 2.40. The third-order valence-electron chi connectivity index (χ3n) is 5.14. The van der Waals surface area contributed by atoms with E-state index in [9.17, 15) is 0 Å². The van der Waals surface area contributed by atoms with Crippen molar-refractivity contribution in [1.82, 2.24) is 9.47 Å². The zero-order valence-electron chi connectivity index (χ0n) is 14.5. The summed E-state index contributed by atoms with van der Waals surface area (Å²) in [4.78, 5) is 2.29. The van der Waals surface area contributed by atoms with E-state index < -0.39 is 0 Å². The van der Waals surface area contributed by atoms with E-state index in [1.165, 1.54) is 50.5 Å². The summed E-state index contributed by atoms with van der Waals surface area (Å²) >= 11 is 0. The molecule has 0 spiro atoms. The first-order chi connectivity index (χ1) is 10.7. The molecule has 1 aliphatic carbocycles. The van der Waals surface area contributed by atoms with Crippen molar-refractivity contribution >= 4 is 10.9 Å². The molecule has 0 unspecified atom stereocenters. The lowest BCUT2D eigenvalue weighted by molar-refractivity contribution is 0.414. The second-order valence-electron chi connectivity index (χ2n) is 7.18. The lowest BCUT2D eigenvalue weighted by Crippen LogP contribution is -2.15. The van der Waals surface area contributed by atoms with E-state index in [1.807, 2.05) is 0 Å². The van der Waals surface area contributed by atoms with Gasteiger partial charge in [0.15, 0.2) is 0 Å². The zero-order valence-corrected chi connectivity index (χ0v) is 14.5. The minimum atomic E-state index is 1.13. The van der Waals surface area contributed by atoms with Crippen molar-refractivity contribution in [2.75, 3.05) is 20.6 Å². The number of likely N-dealkylation sites (N-methyl/N-ethyl adjacent to an activating group) is 1. The molecular formula is C20H30N2. The minimum absolute atomic E-state index is 1.13. The standard InChI is InChI=1S/C20H30N2/c1-21(2)14-13-17-15-22(3)19-12-11-16-9-7-5-4-6-8-10-18(16)20(17)19/h11-12,15H,4-10,13-14H2,1-3H3. The molecule has 2 heteroatoms. The summed E-state index contributed by atoms with van der Waals surface area (Å²) in [7, 11) is 6.53.